The van der Waals surface area contributed by atoms with Crippen molar-refractivity contribution in [2.24, 2.45) is 5.41 Å². The van der Waals surface area contributed by atoms with E-state index in [1.165, 1.54) is 17.0 Å². The molecular weight excluding hydrogens is 439 g/mol. The second-order valence-corrected chi connectivity index (χ2v) is 9.80. The van der Waals surface area contributed by atoms with Gasteiger partial charge in [-0.15, -0.1) is 0 Å². The van der Waals surface area contributed by atoms with E-state index in [9.17, 15) is 24.2 Å². The molecule has 3 atom stereocenters. The average Bonchev–Trinajstić information content (AvgIpc) is 3.32. The van der Waals surface area contributed by atoms with Crippen LogP contribution in [0.2, 0.25) is 0 Å². The lowest BCUT2D eigenvalue weighted by molar-refractivity contribution is -0.135. The highest BCUT2D eigenvalue weighted by atomic mass is 19.1. The van der Waals surface area contributed by atoms with Gasteiger partial charge in [-0.05, 0) is 29.2 Å². The molecule has 1 aliphatic rings. The van der Waals surface area contributed by atoms with Gasteiger partial charge in [0.15, 0.2) is 5.69 Å². The number of nitrogens with one attached hydrogen (secondary N) is 1. The highest BCUT2D eigenvalue weighted by Crippen LogP contribution is 2.25. The molecule has 9 heteroatoms. The number of para-hydroxylation sites is 1. The summed E-state index contributed by atoms with van der Waals surface area (Å²) in [4.78, 5) is 28.0. The molecule has 2 aromatic carbocycles. The molecule has 180 valence electrons. The fourth-order valence-electron chi connectivity index (χ4n) is 4.16. The molecule has 0 aliphatic carbocycles. The quantitative estimate of drug-likeness (QED) is 0.531. The van der Waals surface area contributed by atoms with E-state index in [0.717, 1.165) is 11.1 Å². The van der Waals surface area contributed by atoms with Gasteiger partial charge in [0.25, 0.3) is 5.91 Å². The molecule has 2 amide bonds. The van der Waals surface area contributed by atoms with Crippen LogP contribution < -0.4 is 5.32 Å². The molecule has 0 unspecified atom stereocenters. The number of β-amino-alcohol motifs (C(OH)–C–C–N with tert-alkyl or cyclic N) is 2. The highest BCUT2D eigenvalue weighted by molar-refractivity contribution is 6.06. The third-order valence-electron chi connectivity index (χ3n) is 6.08. The second kappa shape index (κ2) is 9.15. The number of nitrogens with zero attached hydrogens (tertiary/aromatic N) is 3. The van der Waals surface area contributed by atoms with Crippen molar-refractivity contribution in [3.63, 3.8) is 0 Å². The van der Waals surface area contributed by atoms with Crippen molar-refractivity contribution in [3.8, 4) is 0 Å². The summed E-state index contributed by atoms with van der Waals surface area (Å²) in [6, 6.07) is 12.5. The summed E-state index contributed by atoms with van der Waals surface area (Å²) in [5.74, 6) is -1.20. The Kier molecular flexibility index (Phi) is 6.42. The van der Waals surface area contributed by atoms with E-state index >= 15 is 0 Å². The van der Waals surface area contributed by atoms with Gasteiger partial charge < -0.3 is 20.4 Å². The summed E-state index contributed by atoms with van der Waals surface area (Å²) in [5, 5.41) is 27.7. The van der Waals surface area contributed by atoms with Crippen LogP contribution in [0.5, 0.6) is 0 Å². The third-order valence-corrected chi connectivity index (χ3v) is 6.08. The molecule has 34 heavy (non-hydrogen) atoms. The predicted molar refractivity (Wildman–Crippen MR) is 125 cm³/mol. The monoisotopic (exact) mass is 468 g/mol. The van der Waals surface area contributed by atoms with Crippen molar-refractivity contribution in [2.45, 2.75) is 45.6 Å². The number of hydrogen-bond acceptors (Lipinski definition) is 5. The average molecular weight is 469 g/mol. The third kappa shape index (κ3) is 4.80. The fourth-order valence-corrected chi connectivity index (χ4v) is 4.16. The van der Waals surface area contributed by atoms with Gasteiger partial charge in [-0.25, -0.2) is 4.39 Å². The van der Waals surface area contributed by atoms with Gasteiger partial charge in [0, 0.05) is 18.5 Å². The molecule has 4 rings (SSSR count). The Labute approximate surface area is 197 Å². The number of amides is 2. The molecule has 1 aliphatic heterocycles. The van der Waals surface area contributed by atoms with Crippen LogP contribution in [0.1, 0.15) is 36.8 Å². The Balaban J connectivity index is 1.62. The van der Waals surface area contributed by atoms with Gasteiger partial charge >= 0.3 is 0 Å². The van der Waals surface area contributed by atoms with E-state index in [1.54, 1.807) is 22.9 Å². The number of aliphatic hydroxyl groups excluding tert-OH is 2. The predicted octanol–water partition coefficient (Wildman–Crippen LogP) is 1.93. The number of rotatable bonds is 5. The van der Waals surface area contributed by atoms with Crippen LogP contribution in [-0.2, 0) is 11.3 Å². The standard InChI is InChI=1S/C25H29FN4O4/c1-25(2,3)22(24(34)29-13-19(31)20(32)14-29)27-23(33)21-17-6-4-5-7-18(17)30(28-21)12-15-8-10-16(26)11-9-15/h4-11,19-20,22,31-32H,12-14H2,1-3H3,(H,27,33)/t19-,20+,22-/m1/s1. The Morgan fingerprint density at radius 2 is 1.71 bits per heavy atom. The lowest BCUT2D eigenvalue weighted by Gasteiger charge is -2.33. The number of fused-ring (bicyclic) bond motifs is 1. The minimum atomic E-state index is -1.01. The minimum Gasteiger partial charge on any atom is -0.388 e. The van der Waals surface area contributed by atoms with Crippen molar-refractivity contribution in [1.29, 1.82) is 0 Å². The number of aromatic nitrogens is 2. The second-order valence-electron chi connectivity index (χ2n) is 9.80. The molecule has 0 spiro atoms. The topological polar surface area (TPSA) is 108 Å². The summed E-state index contributed by atoms with van der Waals surface area (Å²) >= 11 is 0. The first-order valence-corrected chi connectivity index (χ1v) is 11.2. The van der Waals surface area contributed by atoms with Crippen LogP contribution in [0.3, 0.4) is 0 Å². The molecule has 8 nitrogen and oxygen atoms in total. The maximum absolute atomic E-state index is 13.4. The first kappa shape index (κ1) is 23.8. The smallest absolute Gasteiger partial charge is 0.273 e. The van der Waals surface area contributed by atoms with Crippen LogP contribution >= 0.6 is 0 Å². The molecule has 0 bridgehead atoms. The lowest BCUT2D eigenvalue weighted by atomic mass is 9.85. The zero-order valence-electron chi connectivity index (χ0n) is 19.4. The minimum absolute atomic E-state index is 0.0116. The molecule has 0 radical (unpaired) electrons. The number of benzene rings is 2. The van der Waals surface area contributed by atoms with Gasteiger partial charge in [0.1, 0.15) is 11.9 Å². The Hall–Kier alpha value is -3.30. The molecule has 3 aromatic rings. The number of carbonyl (C=O) groups excluding carboxylic acids is 2. The van der Waals surface area contributed by atoms with E-state index in [0.29, 0.717) is 11.9 Å². The van der Waals surface area contributed by atoms with Gasteiger partial charge in [0.2, 0.25) is 5.91 Å². The van der Waals surface area contributed by atoms with Crippen molar-refractivity contribution >= 4 is 22.7 Å². The van der Waals surface area contributed by atoms with Gasteiger partial charge in [-0.3, -0.25) is 14.3 Å². The summed E-state index contributed by atoms with van der Waals surface area (Å²) in [6.45, 7) is 5.88. The number of hydrogen-bond donors (Lipinski definition) is 3. The van der Waals surface area contributed by atoms with Crippen LogP contribution in [0, 0.1) is 11.2 Å². The molecule has 3 N–H and O–H groups in total. The largest absolute Gasteiger partial charge is 0.388 e. The summed E-state index contributed by atoms with van der Waals surface area (Å²) in [7, 11) is 0. The summed E-state index contributed by atoms with van der Waals surface area (Å²) in [6.07, 6.45) is -2.02. The van der Waals surface area contributed by atoms with Gasteiger partial charge in [0.05, 0.1) is 24.3 Å². The summed E-state index contributed by atoms with van der Waals surface area (Å²) < 4.78 is 15.0. The number of halogens is 1. The first-order chi connectivity index (χ1) is 16.0. The fraction of sp³-hybridized carbons (Fsp3) is 0.400. The SMILES string of the molecule is CC(C)(C)[C@H](NC(=O)c1nn(Cc2ccc(F)cc2)c2ccccc12)C(=O)N1C[C@@H](O)[C@@H](O)C1. The van der Waals surface area contributed by atoms with Gasteiger partial charge in [-0.2, -0.15) is 5.10 Å². The van der Waals surface area contributed by atoms with E-state index < -0.39 is 29.6 Å². The molecule has 2 heterocycles. The molecule has 1 fully saturated rings. The van der Waals surface area contributed by atoms with Crippen molar-refractivity contribution < 1.29 is 24.2 Å². The van der Waals surface area contributed by atoms with Crippen LogP contribution in [0.25, 0.3) is 10.9 Å². The van der Waals surface area contributed by atoms with E-state index in [4.69, 9.17) is 0 Å². The molecule has 1 aromatic heterocycles. The molecule has 1 saturated heterocycles. The van der Waals surface area contributed by atoms with Crippen LogP contribution in [0.15, 0.2) is 48.5 Å². The zero-order valence-corrected chi connectivity index (χ0v) is 19.4. The maximum Gasteiger partial charge on any atom is 0.273 e. The van der Waals surface area contributed by atoms with Crippen LogP contribution in [0.4, 0.5) is 4.39 Å². The molecular formula is C25H29FN4O4. The van der Waals surface area contributed by atoms with Crippen molar-refractivity contribution in [3.05, 3.63) is 65.6 Å². The van der Waals surface area contributed by atoms with E-state index in [-0.39, 0.29) is 30.5 Å². The first-order valence-electron chi connectivity index (χ1n) is 11.2. The number of aliphatic hydroxyl groups is 2. The van der Waals surface area contributed by atoms with E-state index in [1.807, 2.05) is 39.0 Å². The zero-order chi connectivity index (χ0) is 24.6. The molecule has 0 saturated carbocycles. The Morgan fingerprint density at radius 1 is 1.09 bits per heavy atom. The van der Waals surface area contributed by atoms with E-state index in [2.05, 4.69) is 10.4 Å². The lowest BCUT2D eigenvalue weighted by Crippen LogP contribution is -2.54. The maximum atomic E-state index is 13.4. The van der Waals surface area contributed by atoms with Crippen molar-refractivity contribution in [2.75, 3.05) is 13.1 Å². The normalized spacial score (nSPS) is 19.4. The Bertz CT molecular complexity index is 1190. The highest BCUT2D eigenvalue weighted by Gasteiger charge is 2.41. The van der Waals surface area contributed by atoms with Crippen molar-refractivity contribution in [1.82, 2.24) is 20.0 Å². The Morgan fingerprint density at radius 3 is 2.32 bits per heavy atom. The number of carbonyl (C=O) groups is 2. The number of likely N-dealkylation sites (tertiary alicyclic amines) is 1. The summed E-state index contributed by atoms with van der Waals surface area (Å²) in [5.41, 5.74) is 1.12. The van der Waals surface area contributed by atoms with Gasteiger partial charge in [-0.1, -0.05) is 51.1 Å². The van der Waals surface area contributed by atoms with Crippen LogP contribution in [-0.4, -0.2) is 68.0 Å².